The fourth-order valence-corrected chi connectivity index (χ4v) is 1.67. The van der Waals surface area contributed by atoms with E-state index in [1.807, 2.05) is 24.3 Å². The molecule has 2 unspecified atom stereocenters. The van der Waals surface area contributed by atoms with Gasteiger partial charge in [-0.15, -0.1) is 0 Å². The average Bonchev–Trinajstić information content (AvgIpc) is 2.47. The van der Waals surface area contributed by atoms with Crippen LogP contribution in [0.1, 0.15) is 45.4 Å². The van der Waals surface area contributed by atoms with Crippen LogP contribution < -0.4 is 0 Å². The predicted molar refractivity (Wildman–Crippen MR) is 88.0 cm³/mol. The highest BCUT2D eigenvalue weighted by Crippen LogP contribution is 2.03. The van der Waals surface area contributed by atoms with E-state index in [9.17, 15) is 15.0 Å². The third-order valence-corrected chi connectivity index (χ3v) is 2.85. The Morgan fingerprint density at radius 2 is 1.57 bits per heavy atom. The first-order valence-corrected chi connectivity index (χ1v) is 7.67. The number of unbranched alkanes of at least 4 members (excludes halogenated alkanes) is 2. The summed E-state index contributed by atoms with van der Waals surface area (Å²) < 4.78 is 0. The number of aliphatic hydroxyl groups is 2. The molecule has 2 N–H and O–H groups in total. The van der Waals surface area contributed by atoms with E-state index in [1.54, 1.807) is 24.3 Å². The molecule has 0 aliphatic carbocycles. The van der Waals surface area contributed by atoms with E-state index in [-0.39, 0.29) is 0 Å². The highest BCUT2D eigenvalue weighted by Gasteiger charge is 1.97. The Kier molecular flexibility index (Phi) is 13.9. The minimum Gasteiger partial charge on any atom is -0.389 e. The van der Waals surface area contributed by atoms with Gasteiger partial charge in [0.1, 0.15) is 6.29 Å². The van der Waals surface area contributed by atoms with Crippen LogP contribution in [0.2, 0.25) is 0 Å². The smallest absolute Gasteiger partial charge is 0.119 e. The summed E-state index contributed by atoms with van der Waals surface area (Å²) in [6.45, 7) is 2.06. The highest BCUT2D eigenvalue weighted by molar-refractivity contribution is 5.48. The summed E-state index contributed by atoms with van der Waals surface area (Å²) >= 11 is 0. The first-order valence-electron chi connectivity index (χ1n) is 7.67. The summed E-state index contributed by atoms with van der Waals surface area (Å²) in [5.74, 6) is 0. The molecule has 3 nitrogen and oxygen atoms in total. The van der Waals surface area contributed by atoms with Crippen LogP contribution in [-0.2, 0) is 4.79 Å². The van der Waals surface area contributed by atoms with E-state index in [2.05, 4.69) is 6.92 Å². The number of hydrogen-bond donors (Lipinski definition) is 2. The monoisotopic (exact) mass is 292 g/mol. The van der Waals surface area contributed by atoms with Gasteiger partial charge in [-0.3, -0.25) is 0 Å². The molecular weight excluding hydrogens is 264 g/mol. The van der Waals surface area contributed by atoms with Crippen molar-refractivity contribution in [2.24, 2.45) is 0 Å². The zero-order valence-electron chi connectivity index (χ0n) is 12.9. The lowest BCUT2D eigenvalue weighted by Crippen LogP contribution is -2.01. The molecule has 118 valence electrons. The van der Waals surface area contributed by atoms with E-state index >= 15 is 0 Å². The Balaban J connectivity index is 3.79. The fourth-order valence-electron chi connectivity index (χ4n) is 1.67. The zero-order valence-corrected chi connectivity index (χ0v) is 12.9. The molecule has 0 aliphatic rings. The normalized spacial score (nSPS) is 15.6. The van der Waals surface area contributed by atoms with Crippen LogP contribution >= 0.6 is 0 Å². The number of aldehydes is 1. The van der Waals surface area contributed by atoms with Crippen molar-refractivity contribution >= 4 is 6.29 Å². The second kappa shape index (κ2) is 14.9. The molecule has 21 heavy (non-hydrogen) atoms. The molecule has 3 heteroatoms. The van der Waals surface area contributed by atoms with E-state index in [0.29, 0.717) is 19.3 Å². The number of carbonyl (C=O) groups excluding carboxylic acids is 1. The van der Waals surface area contributed by atoms with Crippen LogP contribution in [0.4, 0.5) is 0 Å². The summed E-state index contributed by atoms with van der Waals surface area (Å²) in [7, 11) is 0. The van der Waals surface area contributed by atoms with Crippen LogP contribution in [-0.4, -0.2) is 28.7 Å². The summed E-state index contributed by atoms with van der Waals surface area (Å²) in [6.07, 6.45) is 19.2. The van der Waals surface area contributed by atoms with E-state index < -0.39 is 12.2 Å². The largest absolute Gasteiger partial charge is 0.389 e. The SMILES string of the molecule is CC/C=C\CC(O)/C=C/C=C\C=C/C(O)CCCCC=O. The lowest BCUT2D eigenvalue weighted by atomic mass is 10.1. The van der Waals surface area contributed by atoms with Gasteiger partial charge in [-0.2, -0.15) is 0 Å². The van der Waals surface area contributed by atoms with E-state index in [1.165, 1.54) is 0 Å². The maximum absolute atomic E-state index is 10.1. The third kappa shape index (κ3) is 14.8. The van der Waals surface area contributed by atoms with Crippen molar-refractivity contribution in [2.75, 3.05) is 0 Å². The van der Waals surface area contributed by atoms with Crippen LogP contribution in [0.5, 0.6) is 0 Å². The lowest BCUT2D eigenvalue weighted by Gasteiger charge is -2.02. The van der Waals surface area contributed by atoms with Gasteiger partial charge in [-0.1, -0.05) is 62.0 Å². The van der Waals surface area contributed by atoms with Crippen LogP contribution in [0.25, 0.3) is 0 Å². The Bertz CT molecular complexity index is 353. The summed E-state index contributed by atoms with van der Waals surface area (Å²) in [4.78, 5) is 10.1. The van der Waals surface area contributed by atoms with Gasteiger partial charge >= 0.3 is 0 Å². The number of allylic oxidation sites excluding steroid dienone is 5. The summed E-state index contributed by atoms with van der Waals surface area (Å²) in [5.41, 5.74) is 0. The second-order valence-corrected chi connectivity index (χ2v) is 4.86. The fraction of sp³-hybridized carbons (Fsp3) is 0.500. The van der Waals surface area contributed by atoms with Gasteiger partial charge in [-0.05, 0) is 25.7 Å². The van der Waals surface area contributed by atoms with Gasteiger partial charge in [0, 0.05) is 6.42 Å². The minimum atomic E-state index is -0.463. The van der Waals surface area contributed by atoms with Crippen molar-refractivity contribution in [2.45, 2.75) is 57.7 Å². The molecule has 0 amide bonds. The predicted octanol–water partition coefficient (Wildman–Crippen LogP) is 3.49. The van der Waals surface area contributed by atoms with Gasteiger partial charge in [0.25, 0.3) is 0 Å². The molecule has 0 aromatic rings. The van der Waals surface area contributed by atoms with E-state index in [4.69, 9.17) is 0 Å². The summed E-state index contributed by atoms with van der Waals surface area (Å²) in [6, 6.07) is 0. The molecule has 0 fully saturated rings. The van der Waals surface area contributed by atoms with E-state index in [0.717, 1.165) is 25.5 Å². The van der Waals surface area contributed by atoms with Crippen LogP contribution in [0, 0.1) is 0 Å². The van der Waals surface area contributed by atoms with Crippen molar-refractivity contribution < 1.29 is 15.0 Å². The molecular formula is C18H28O3. The maximum atomic E-state index is 10.1. The van der Waals surface area contributed by atoms with Gasteiger partial charge < -0.3 is 15.0 Å². The zero-order chi connectivity index (χ0) is 15.8. The lowest BCUT2D eigenvalue weighted by molar-refractivity contribution is -0.107. The van der Waals surface area contributed by atoms with Gasteiger partial charge in [-0.25, -0.2) is 0 Å². The van der Waals surface area contributed by atoms with Crippen molar-refractivity contribution in [3.8, 4) is 0 Å². The molecule has 0 aromatic heterocycles. The van der Waals surface area contributed by atoms with Gasteiger partial charge in [0.15, 0.2) is 0 Å². The van der Waals surface area contributed by atoms with Crippen LogP contribution in [0.15, 0.2) is 48.6 Å². The topological polar surface area (TPSA) is 57.5 Å². The summed E-state index contributed by atoms with van der Waals surface area (Å²) in [5, 5.41) is 19.2. The molecule has 0 saturated heterocycles. The third-order valence-electron chi connectivity index (χ3n) is 2.85. The molecule has 0 rings (SSSR count). The van der Waals surface area contributed by atoms with Crippen molar-refractivity contribution in [3.05, 3.63) is 48.6 Å². The Morgan fingerprint density at radius 1 is 0.905 bits per heavy atom. The molecule has 0 saturated carbocycles. The minimum absolute atomic E-state index is 0.454. The Labute approximate surface area is 128 Å². The quantitative estimate of drug-likeness (QED) is 0.250. The van der Waals surface area contributed by atoms with Crippen molar-refractivity contribution in [3.63, 3.8) is 0 Å². The molecule has 0 heterocycles. The second-order valence-electron chi connectivity index (χ2n) is 4.86. The number of carbonyl (C=O) groups is 1. The average molecular weight is 292 g/mol. The molecule has 0 spiro atoms. The number of hydrogen-bond acceptors (Lipinski definition) is 3. The van der Waals surface area contributed by atoms with Gasteiger partial charge in [0.05, 0.1) is 12.2 Å². The van der Waals surface area contributed by atoms with Gasteiger partial charge in [0.2, 0.25) is 0 Å². The molecule has 0 aliphatic heterocycles. The van der Waals surface area contributed by atoms with Crippen molar-refractivity contribution in [1.82, 2.24) is 0 Å². The molecule has 2 atom stereocenters. The Hall–Kier alpha value is -1.45. The maximum Gasteiger partial charge on any atom is 0.119 e. The number of rotatable bonds is 12. The van der Waals surface area contributed by atoms with Crippen molar-refractivity contribution in [1.29, 1.82) is 0 Å². The van der Waals surface area contributed by atoms with Crippen LogP contribution in [0.3, 0.4) is 0 Å². The molecule has 0 bridgehead atoms. The number of aliphatic hydroxyl groups excluding tert-OH is 2. The molecule has 0 radical (unpaired) electrons. The first-order chi connectivity index (χ1) is 10.2. The molecule has 0 aromatic carbocycles. The highest BCUT2D eigenvalue weighted by atomic mass is 16.3. The Morgan fingerprint density at radius 3 is 2.19 bits per heavy atom. The first kappa shape index (κ1) is 19.6. The standard InChI is InChI=1S/C18H28O3/c1-2-3-7-12-17(20)13-8-4-5-9-14-18(21)15-10-6-11-16-19/h3-5,7-9,13-14,16-18,20-21H,2,6,10-12,15H2,1H3/b5-4-,7-3-,13-8+,14-9-.